The molecule has 2 aromatic rings. The number of aromatic nitrogens is 2. The van der Waals surface area contributed by atoms with Gasteiger partial charge in [0.05, 0.1) is 11.9 Å². The Morgan fingerprint density at radius 1 is 1.28 bits per heavy atom. The van der Waals surface area contributed by atoms with Crippen molar-refractivity contribution in [2.75, 3.05) is 0 Å². The van der Waals surface area contributed by atoms with E-state index >= 15 is 0 Å². The van der Waals surface area contributed by atoms with Crippen molar-refractivity contribution in [2.45, 2.75) is 25.2 Å². The second-order valence-corrected chi connectivity index (χ2v) is 5.01. The Morgan fingerprint density at radius 2 is 2.06 bits per heavy atom. The van der Waals surface area contributed by atoms with Crippen LogP contribution in [0.25, 0.3) is 11.3 Å². The number of benzene rings is 1. The van der Waals surface area contributed by atoms with Crippen molar-refractivity contribution in [3.63, 3.8) is 0 Å². The van der Waals surface area contributed by atoms with Gasteiger partial charge in [-0.2, -0.15) is 0 Å². The van der Waals surface area contributed by atoms with Crippen LogP contribution in [-0.2, 0) is 0 Å². The molecule has 1 aliphatic rings. The molecule has 1 fully saturated rings. The van der Waals surface area contributed by atoms with Crippen molar-refractivity contribution in [3.8, 4) is 11.3 Å². The van der Waals surface area contributed by atoms with Crippen LogP contribution in [0.2, 0.25) is 0 Å². The Bertz CT molecular complexity index is 632. The first-order valence-electron chi connectivity index (χ1n) is 6.10. The molecule has 0 saturated heterocycles. The summed E-state index contributed by atoms with van der Waals surface area (Å²) in [6.07, 6.45) is 4.81. The lowest BCUT2D eigenvalue weighted by Gasteiger charge is -2.27. The summed E-state index contributed by atoms with van der Waals surface area (Å²) in [5.74, 6) is 0.200. The number of nitrogens with zero attached hydrogens (tertiary/aromatic N) is 1. The highest BCUT2D eigenvalue weighted by molar-refractivity contribution is 7.71. The summed E-state index contributed by atoms with van der Waals surface area (Å²) in [4.78, 5) is 6.62. The van der Waals surface area contributed by atoms with Gasteiger partial charge in [-0.05, 0) is 36.5 Å². The number of halogens is 1. The van der Waals surface area contributed by atoms with E-state index in [1.54, 1.807) is 0 Å². The van der Waals surface area contributed by atoms with E-state index in [0.717, 1.165) is 5.56 Å². The van der Waals surface area contributed by atoms with Gasteiger partial charge in [0.15, 0.2) is 10.6 Å². The molecule has 18 heavy (non-hydrogen) atoms. The number of nitrogens with one attached hydrogen (secondary N) is 1. The molecule has 0 aliphatic heterocycles. The van der Waals surface area contributed by atoms with Crippen LogP contribution < -0.4 is 0 Å². The summed E-state index contributed by atoms with van der Waals surface area (Å²) in [6, 6.07) is 7.95. The van der Waals surface area contributed by atoms with Crippen LogP contribution in [0.5, 0.6) is 0 Å². The number of aromatic amines is 1. The first kappa shape index (κ1) is 11.5. The maximum Gasteiger partial charge on any atom is 0.197 e. The van der Waals surface area contributed by atoms with Gasteiger partial charge in [-0.3, -0.25) is 0 Å². The molecule has 1 aromatic heterocycles. The minimum Gasteiger partial charge on any atom is -0.328 e. The van der Waals surface area contributed by atoms with Crippen LogP contribution in [0.3, 0.4) is 0 Å². The average molecular weight is 260 g/mol. The Labute approximate surface area is 110 Å². The maximum atomic E-state index is 13.9. The van der Waals surface area contributed by atoms with Crippen LogP contribution in [0.15, 0.2) is 30.5 Å². The van der Waals surface area contributed by atoms with Gasteiger partial charge >= 0.3 is 0 Å². The molecular formula is C14H13FN2S. The molecule has 1 N–H and O–H groups in total. The lowest BCUT2D eigenvalue weighted by atomic mass is 9.78. The summed E-state index contributed by atoms with van der Waals surface area (Å²) in [5.41, 5.74) is 2.57. The molecule has 1 aromatic carbocycles. The molecule has 0 spiro atoms. The predicted molar refractivity (Wildman–Crippen MR) is 71.4 cm³/mol. The molecule has 0 amide bonds. The van der Waals surface area contributed by atoms with Crippen molar-refractivity contribution in [1.29, 1.82) is 0 Å². The zero-order chi connectivity index (χ0) is 12.5. The van der Waals surface area contributed by atoms with Gasteiger partial charge in [0.1, 0.15) is 0 Å². The molecule has 0 bridgehead atoms. The van der Waals surface area contributed by atoms with E-state index in [4.69, 9.17) is 12.2 Å². The maximum absolute atomic E-state index is 13.9. The van der Waals surface area contributed by atoms with Crippen LogP contribution in [0.1, 0.15) is 30.7 Å². The largest absolute Gasteiger partial charge is 0.328 e. The van der Waals surface area contributed by atoms with Crippen LogP contribution in [0, 0.1) is 10.6 Å². The molecule has 4 heteroatoms. The minimum atomic E-state index is -0.352. The fourth-order valence-electron chi connectivity index (χ4n) is 2.37. The third-order valence-electron chi connectivity index (χ3n) is 3.54. The molecule has 1 saturated carbocycles. The average Bonchev–Trinajstić information content (AvgIpc) is 2.31. The smallest absolute Gasteiger partial charge is 0.197 e. The van der Waals surface area contributed by atoms with Crippen LogP contribution in [0.4, 0.5) is 4.39 Å². The van der Waals surface area contributed by atoms with Gasteiger partial charge in [-0.25, -0.2) is 9.37 Å². The lowest BCUT2D eigenvalue weighted by Crippen LogP contribution is -2.10. The van der Waals surface area contributed by atoms with E-state index in [9.17, 15) is 4.39 Å². The quantitative estimate of drug-likeness (QED) is 0.819. The first-order chi connectivity index (χ1) is 8.75. The number of hydrogen-bond acceptors (Lipinski definition) is 2. The third kappa shape index (κ3) is 1.97. The summed E-state index contributed by atoms with van der Waals surface area (Å²) in [6.45, 7) is 0. The number of rotatable bonds is 2. The minimum absolute atomic E-state index is 0.315. The molecule has 0 radical (unpaired) electrons. The van der Waals surface area contributed by atoms with Crippen LogP contribution >= 0.6 is 12.2 Å². The second-order valence-electron chi connectivity index (χ2n) is 4.63. The SMILES string of the molecule is Fc1cnc(=S)[nH]c1-c1ccccc1C1CCC1. The number of hydrogen-bond donors (Lipinski definition) is 1. The van der Waals surface area contributed by atoms with E-state index in [-0.39, 0.29) is 5.82 Å². The summed E-state index contributed by atoms with van der Waals surface area (Å²) in [7, 11) is 0. The van der Waals surface area contributed by atoms with Gasteiger partial charge in [0.25, 0.3) is 0 Å². The van der Waals surface area contributed by atoms with Gasteiger partial charge in [0, 0.05) is 5.56 Å². The second kappa shape index (κ2) is 4.61. The molecule has 0 unspecified atom stereocenters. The molecule has 3 rings (SSSR count). The molecule has 92 valence electrons. The first-order valence-corrected chi connectivity index (χ1v) is 6.50. The fraction of sp³-hybridized carbons (Fsp3) is 0.286. The highest BCUT2D eigenvalue weighted by Gasteiger charge is 2.23. The monoisotopic (exact) mass is 260 g/mol. The van der Waals surface area contributed by atoms with Gasteiger partial charge in [-0.15, -0.1) is 0 Å². The summed E-state index contributed by atoms with van der Waals surface area (Å²) < 4.78 is 14.2. The molecule has 1 aliphatic carbocycles. The van der Waals surface area contributed by atoms with Crippen LogP contribution in [-0.4, -0.2) is 9.97 Å². The normalized spacial score (nSPS) is 15.4. The van der Waals surface area contributed by atoms with E-state index < -0.39 is 0 Å². The Morgan fingerprint density at radius 3 is 2.78 bits per heavy atom. The van der Waals surface area contributed by atoms with E-state index in [0.29, 0.717) is 16.4 Å². The Kier molecular flexibility index (Phi) is 2.96. The van der Waals surface area contributed by atoms with E-state index in [1.807, 2.05) is 18.2 Å². The lowest BCUT2D eigenvalue weighted by molar-refractivity contribution is 0.420. The topological polar surface area (TPSA) is 28.7 Å². The molecule has 2 nitrogen and oxygen atoms in total. The standard InChI is InChI=1S/C14H13FN2S/c15-12-8-16-14(18)17-13(12)11-7-2-1-6-10(11)9-4-3-5-9/h1-2,6-9H,3-5H2,(H,16,17,18). The third-order valence-corrected chi connectivity index (χ3v) is 3.75. The zero-order valence-electron chi connectivity index (χ0n) is 9.82. The van der Waals surface area contributed by atoms with E-state index in [1.165, 1.54) is 31.0 Å². The highest BCUT2D eigenvalue weighted by Crippen LogP contribution is 2.40. The van der Waals surface area contributed by atoms with Crippen molar-refractivity contribution >= 4 is 12.2 Å². The van der Waals surface area contributed by atoms with Crippen molar-refractivity contribution in [3.05, 3.63) is 46.6 Å². The molecule has 0 atom stereocenters. The molecule has 1 heterocycles. The summed E-state index contributed by atoms with van der Waals surface area (Å²) >= 11 is 4.98. The van der Waals surface area contributed by atoms with Crippen molar-refractivity contribution in [2.24, 2.45) is 0 Å². The highest BCUT2D eigenvalue weighted by atomic mass is 32.1. The van der Waals surface area contributed by atoms with Gasteiger partial charge in [-0.1, -0.05) is 30.7 Å². The predicted octanol–water partition coefficient (Wildman–Crippen LogP) is 4.21. The summed E-state index contributed by atoms with van der Waals surface area (Å²) in [5, 5.41) is 0. The Hall–Kier alpha value is -1.55. The number of H-pyrrole nitrogens is 1. The fourth-order valence-corrected chi connectivity index (χ4v) is 2.53. The Balaban J connectivity index is 2.16. The van der Waals surface area contributed by atoms with Gasteiger partial charge < -0.3 is 4.98 Å². The van der Waals surface area contributed by atoms with E-state index in [2.05, 4.69) is 16.0 Å². The zero-order valence-corrected chi connectivity index (χ0v) is 10.6. The van der Waals surface area contributed by atoms with Gasteiger partial charge in [0.2, 0.25) is 0 Å². The molecular weight excluding hydrogens is 247 g/mol. The van der Waals surface area contributed by atoms with Crippen molar-refractivity contribution < 1.29 is 4.39 Å². The van der Waals surface area contributed by atoms with Crippen molar-refractivity contribution in [1.82, 2.24) is 9.97 Å².